The van der Waals surface area contributed by atoms with Crippen molar-refractivity contribution in [2.24, 2.45) is 0 Å². The van der Waals surface area contributed by atoms with E-state index in [-0.39, 0.29) is 11.9 Å². The normalized spacial score (nSPS) is 11.0. The Morgan fingerprint density at radius 3 is 2.57 bits per heavy atom. The van der Waals surface area contributed by atoms with E-state index in [2.05, 4.69) is 20.6 Å². The van der Waals surface area contributed by atoms with E-state index >= 15 is 0 Å². The monoisotopic (exact) mass is 311 g/mol. The summed E-state index contributed by atoms with van der Waals surface area (Å²) in [5.41, 5.74) is 1.32. The van der Waals surface area contributed by atoms with Crippen LogP contribution in [0, 0.1) is 6.92 Å². The van der Waals surface area contributed by atoms with Gasteiger partial charge in [0.05, 0.1) is 6.20 Å². The highest BCUT2D eigenvalue weighted by atomic mass is 16.5. The van der Waals surface area contributed by atoms with E-state index in [0.29, 0.717) is 23.1 Å². The van der Waals surface area contributed by atoms with Gasteiger partial charge >= 0.3 is 0 Å². The average molecular weight is 311 g/mol. The van der Waals surface area contributed by atoms with Gasteiger partial charge in [0.15, 0.2) is 5.82 Å². The Morgan fingerprint density at radius 2 is 1.96 bits per heavy atom. The number of hydrogen-bond acceptors (Lipinski definition) is 5. The SMILES string of the molecule is Cc1noc(-c2ccc(C(=O)Nc3ccnn3C(C)C)cc2)n1. The molecule has 0 saturated heterocycles. The molecule has 3 rings (SSSR count). The third-order valence-corrected chi connectivity index (χ3v) is 3.32. The summed E-state index contributed by atoms with van der Waals surface area (Å²) in [6.07, 6.45) is 1.66. The summed E-state index contributed by atoms with van der Waals surface area (Å²) in [6, 6.07) is 8.94. The highest BCUT2D eigenvalue weighted by molar-refractivity contribution is 6.04. The molecular formula is C16H17N5O2. The lowest BCUT2D eigenvalue weighted by Gasteiger charge is -2.11. The number of anilines is 1. The first-order chi connectivity index (χ1) is 11.0. The van der Waals surface area contributed by atoms with E-state index in [4.69, 9.17) is 4.52 Å². The molecule has 0 aliphatic carbocycles. The molecule has 118 valence electrons. The Hall–Kier alpha value is -2.96. The molecule has 7 nitrogen and oxygen atoms in total. The minimum atomic E-state index is -0.194. The van der Waals surface area contributed by atoms with Crippen LogP contribution >= 0.6 is 0 Å². The molecule has 1 N–H and O–H groups in total. The van der Waals surface area contributed by atoms with Crippen LogP contribution in [-0.2, 0) is 0 Å². The lowest BCUT2D eigenvalue weighted by molar-refractivity contribution is 0.102. The van der Waals surface area contributed by atoms with Gasteiger partial charge in [-0.05, 0) is 45.0 Å². The zero-order chi connectivity index (χ0) is 16.4. The smallest absolute Gasteiger partial charge is 0.257 e. The molecule has 0 bridgehead atoms. The Kier molecular flexibility index (Phi) is 3.92. The number of nitrogens with one attached hydrogen (secondary N) is 1. The van der Waals surface area contributed by atoms with Gasteiger partial charge in [-0.25, -0.2) is 4.68 Å². The number of carbonyl (C=O) groups excluding carboxylic acids is 1. The lowest BCUT2D eigenvalue weighted by atomic mass is 10.1. The van der Waals surface area contributed by atoms with Crippen LogP contribution in [0.1, 0.15) is 36.1 Å². The minimum Gasteiger partial charge on any atom is -0.334 e. The first-order valence-electron chi connectivity index (χ1n) is 7.30. The molecule has 0 spiro atoms. The van der Waals surface area contributed by atoms with E-state index in [1.54, 1.807) is 48.1 Å². The van der Waals surface area contributed by atoms with Crippen LogP contribution in [0.5, 0.6) is 0 Å². The molecule has 2 aromatic heterocycles. The van der Waals surface area contributed by atoms with Gasteiger partial charge in [-0.1, -0.05) is 5.16 Å². The maximum atomic E-state index is 12.3. The summed E-state index contributed by atoms with van der Waals surface area (Å²) >= 11 is 0. The van der Waals surface area contributed by atoms with Crippen molar-refractivity contribution in [1.29, 1.82) is 0 Å². The van der Waals surface area contributed by atoms with Gasteiger partial charge in [-0.2, -0.15) is 10.1 Å². The number of carbonyl (C=O) groups is 1. The molecule has 0 fully saturated rings. The zero-order valence-electron chi connectivity index (χ0n) is 13.1. The number of benzene rings is 1. The van der Waals surface area contributed by atoms with Gasteiger partial charge in [-0.3, -0.25) is 4.79 Å². The molecule has 0 aliphatic heterocycles. The predicted octanol–water partition coefficient (Wildman–Crippen LogP) is 3.07. The van der Waals surface area contributed by atoms with Crippen molar-refractivity contribution in [3.63, 3.8) is 0 Å². The molecular weight excluding hydrogens is 294 g/mol. The lowest BCUT2D eigenvalue weighted by Crippen LogP contribution is -2.16. The van der Waals surface area contributed by atoms with E-state index < -0.39 is 0 Å². The maximum absolute atomic E-state index is 12.3. The molecule has 23 heavy (non-hydrogen) atoms. The molecule has 1 aromatic carbocycles. The van der Waals surface area contributed by atoms with Crippen molar-refractivity contribution in [2.75, 3.05) is 5.32 Å². The first kappa shape index (κ1) is 15.0. The quantitative estimate of drug-likeness (QED) is 0.800. The van der Waals surface area contributed by atoms with Crippen molar-refractivity contribution in [2.45, 2.75) is 26.8 Å². The van der Waals surface area contributed by atoms with Gasteiger partial charge in [0.1, 0.15) is 5.82 Å². The van der Waals surface area contributed by atoms with Crippen LogP contribution in [0.25, 0.3) is 11.5 Å². The molecule has 0 aliphatic rings. The Bertz CT molecular complexity index is 817. The molecule has 0 radical (unpaired) electrons. The van der Waals surface area contributed by atoms with E-state index in [1.807, 2.05) is 13.8 Å². The highest BCUT2D eigenvalue weighted by Gasteiger charge is 2.12. The van der Waals surface area contributed by atoms with Crippen LogP contribution in [0.2, 0.25) is 0 Å². The summed E-state index contributed by atoms with van der Waals surface area (Å²) in [4.78, 5) is 16.5. The maximum Gasteiger partial charge on any atom is 0.257 e. The number of aromatic nitrogens is 4. The number of nitrogens with zero attached hydrogens (tertiary/aromatic N) is 4. The predicted molar refractivity (Wildman–Crippen MR) is 85.0 cm³/mol. The molecule has 7 heteroatoms. The van der Waals surface area contributed by atoms with Crippen molar-refractivity contribution in [1.82, 2.24) is 19.9 Å². The largest absolute Gasteiger partial charge is 0.334 e. The molecule has 0 unspecified atom stereocenters. The van der Waals surface area contributed by atoms with Gasteiger partial charge in [0.25, 0.3) is 11.8 Å². The fraction of sp³-hybridized carbons (Fsp3) is 0.250. The van der Waals surface area contributed by atoms with E-state index in [0.717, 1.165) is 5.56 Å². The number of rotatable bonds is 4. The molecule has 1 amide bonds. The van der Waals surface area contributed by atoms with Gasteiger partial charge in [-0.15, -0.1) is 0 Å². The van der Waals surface area contributed by atoms with Crippen LogP contribution in [0.15, 0.2) is 41.1 Å². The number of hydrogen-bond donors (Lipinski definition) is 1. The summed E-state index contributed by atoms with van der Waals surface area (Å²) in [5.74, 6) is 1.48. The number of amides is 1. The fourth-order valence-electron chi connectivity index (χ4n) is 2.19. The van der Waals surface area contributed by atoms with Crippen molar-refractivity contribution < 1.29 is 9.32 Å². The van der Waals surface area contributed by atoms with Crippen molar-refractivity contribution in [3.8, 4) is 11.5 Å². The topological polar surface area (TPSA) is 85.8 Å². The first-order valence-corrected chi connectivity index (χ1v) is 7.30. The second-order valence-corrected chi connectivity index (χ2v) is 5.43. The second-order valence-electron chi connectivity index (χ2n) is 5.43. The average Bonchev–Trinajstić information content (AvgIpc) is 3.16. The summed E-state index contributed by atoms with van der Waals surface area (Å²) < 4.78 is 6.86. The minimum absolute atomic E-state index is 0.170. The van der Waals surface area contributed by atoms with E-state index in [9.17, 15) is 4.79 Å². The van der Waals surface area contributed by atoms with Crippen molar-refractivity contribution >= 4 is 11.7 Å². The van der Waals surface area contributed by atoms with Crippen LogP contribution in [-0.4, -0.2) is 25.8 Å². The number of aryl methyl sites for hydroxylation is 1. The standard InChI is InChI=1S/C16H17N5O2/c1-10(2)21-14(8-9-17-21)19-15(22)12-4-6-13(7-5-12)16-18-11(3)20-23-16/h4-10H,1-3H3,(H,19,22). The summed E-state index contributed by atoms with van der Waals surface area (Å²) in [5, 5.41) is 10.8. The fourth-order valence-corrected chi connectivity index (χ4v) is 2.19. The third kappa shape index (κ3) is 3.13. The molecule has 3 aromatic rings. The van der Waals surface area contributed by atoms with Crippen LogP contribution in [0.4, 0.5) is 5.82 Å². The van der Waals surface area contributed by atoms with E-state index in [1.165, 1.54) is 0 Å². The Balaban J connectivity index is 1.76. The summed E-state index contributed by atoms with van der Waals surface area (Å²) in [7, 11) is 0. The van der Waals surface area contributed by atoms with Crippen molar-refractivity contribution in [3.05, 3.63) is 47.9 Å². The van der Waals surface area contributed by atoms with Gasteiger partial charge < -0.3 is 9.84 Å². The molecule has 2 heterocycles. The zero-order valence-corrected chi connectivity index (χ0v) is 13.1. The second kappa shape index (κ2) is 6.04. The third-order valence-electron chi connectivity index (χ3n) is 3.32. The summed E-state index contributed by atoms with van der Waals surface area (Å²) in [6.45, 7) is 5.76. The van der Waals surface area contributed by atoms with Gasteiger partial charge in [0.2, 0.25) is 0 Å². The van der Waals surface area contributed by atoms with Gasteiger partial charge in [0, 0.05) is 23.2 Å². The Morgan fingerprint density at radius 1 is 1.22 bits per heavy atom. The van der Waals surface area contributed by atoms with Crippen LogP contribution in [0.3, 0.4) is 0 Å². The van der Waals surface area contributed by atoms with Crippen LogP contribution < -0.4 is 5.32 Å². The highest BCUT2D eigenvalue weighted by Crippen LogP contribution is 2.19. The molecule has 0 atom stereocenters. The molecule has 0 saturated carbocycles. The Labute approximate surface area is 133 Å².